The van der Waals surface area contributed by atoms with Gasteiger partial charge in [0.25, 0.3) is 0 Å². The van der Waals surface area contributed by atoms with Crippen molar-refractivity contribution in [2.24, 2.45) is 5.92 Å². The fourth-order valence-corrected chi connectivity index (χ4v) is 3.57. The molecular weight excluding hydrogens is 356 g/mol. The van der Waals surface area contributed by atoms with E-state index >= 15 is 0 Å². The molecule has 0 atom stereocenters. The fraction of sp³-hybridized carbons (Fsp3) is 0.571. The quantitative estimate of drug-likeness (QED) is 0.874. The van der Waals surface area contributed by atoms with Crippen molar-refractivity contribution in [3.8, 4) is 0 Å². The number of piperidine rings is 1. The fourth-order valence-electron chi connectivity index (χ4n) is 3.57. The molecule has 2 heterocycles. The van der Waals surface area contributed by atoms with Gasteiger partial charge in [-0.05, 0) is 52.7 Å². The van der Waals surface area contributed by atoms with Crippen LogP contribution in [0.2, 0.25) is 0 Å². The molecule has 7 heteroatoms. The van der Waals surface area contributed by atoms with Gasteiger partial charge >= 0.3 is 6.09 Å². The van der Waals surface area contributed by atoms with Crippen LogP contribution in [-0.4, -0.2) is 45.1 Å². The number of carbonyl (C=O) groups is 2. The average Bonchev–Trinajstić information content (AvgIpc) is 3.02. The molecule has 1 aromatic heterocycles. The summed E-state index contributed by atoms with van der Waals surface area (Å²) in [5.41, 5.74) is 1.52. The maximum absolute atomic E-state index is 12.6. The van der Waals surface area contributed by atoms with Crippen LogP contribution >= 0.6 is 0 Å². The number of nitrogens with zero attached hydrogens (tertiary/aromatic N) is 3. The van der Waals surface area contributed by atoms with E-state index in [9.17, 15) is 9.59 Å². The van der Waals surface area contributed by atoms with E-state index in [2.05, 4.69) is 21.8 Å². The number of benzene rings is 1. The van der Waals surface area contributed by atoms with Crippen LogP contribution in [0.5, 0.6) is 0 Å². The largest absolute Gasteiger partial charge is 0.444 e. The minimum absolute atomic E-state index is 0.0264. The van der Waals surface area contributed by atoms with Gasteiger partial charge < -0.3 is 19.5 Å². The van der Waals surface area contributed by atoms with E-state index in [0.29, 0.717) is 32.5 Å². The molecule has 1 N–H and O–H groups in total. The molecule has 1 fully saturated rings. The number of aromatic nitrogens is 2. The summed E-state index contributed by atoms with van der Waals surface area (Å²) in [5, 5.41) is 3.03. The Morgan fingerprint density at radius 3 is 2.54 bits per heavy atom. The second-order valence-corrected chi connectivity index (χ2v) is 8.22. The minimum Gasteiger partial charge on any atom is -0.444 e. The van der Waals surface area contributed by atoms with Crippen molar-refractivity contribution in [2.45, 2.75) is 59.2 Å². The second kappa shape index (κ2) is 8.20. The Bertz CT molecular complexity index is 845. The third kappa shape index (κ3) is 4.64. The van der Waals surface area contributed by atoms with Crippen molar-refractivity contribution >= 4 is 23.0 Å². The van der Waals surface area contributed by atoms with Gasteiger partial charge in [-0.3, -0.25) is 4.79 Å². The number of nitrogens with one attached hydrogen (secondary N) is 1. The molecule has 1 aliphatic heterocycles. The Hall–Kier alpha value is -2.57. The number of para-hydroxylation sites is 2. The second-order valence-electron chi connectivity index (χ2n) is 8.22. The van der Waals surface area contributed by atoms with Gasteiger partial charge in [0.2, 0.25) is 5.91 Å². The van der Waals surface area contributed by atoms with E-state index < -0.39 is 5.60 Å². The van der Waals surface area contributed by atoms with Gasteiger partial charge in [0.1, 0.15) is 11.4 Å². The first-order valence-electron chi connectivity index (χ1n) is 9.98. The van der Waals surface area contributed by atoms with Crippen LogP contribution in [0.4, 0.5) is 4.79 Å². The Morgan fingerprint density at radius 2 is 1.89 bits per heavy atom. The molecule has 0 spiro atoms. The lowest BCUT2D eigenvalue weighted by Gasteiger charge is -2.32. The number of aryl methyl sites for hydroxylation is 1. The highest BCUT2D eigenvalue weighted by Crippen LogP contribution is 2.20. The van der Waals surface area contributed by atoms with Crippen LogP contribution in [-0.2, 0) is 22.6 Å². The van der Waals surface area contributed by atoms with Crippen LogP contribution in [0.1, 0.15) is 46.4 Å². The first-order chi connectivity index (χ1) is 13.3. The Kier molecular flexibility index (Phi) is 5.91. The lowest BCUT2D eigenvalue weighted by Crippen LogP contribution is -2.44. The lowest BCUT2D eigenvalue weighted by molar-refractivity contribution is -0.126. The molecule has 152 valence electrons. The van der Waals surface area contributed by atoms with Crippen LogP contribution in [0.25, 0.3) is 11.0 Å². The molecule has 0 radical (unpaired) electrons. The highest BCUT2D eigenvalue weighted by molar-refractivity contribution is 5.79. The number of fused-ring (bicyclic) bond motifs is 1. The molecule has 7 nitrogen and oxygen atoms in total. The summed E-state index contributed by atoms with van der Waals surface area (Å²) in [6, 6.07) is 8.00. The third-order valence-corrected chi connectivity index (χ3v) is 4.99. The van der Waals surface area contributed by atoms with Gasteiger partial charge in [-0.2, -0.15) is 0 Å². The number of hydrogen-bond acceptors (Lipinski definition) is 4. The highest BCUT2D eigenvalue weighted by Gasteiger charge is 2.30. The number of imidazole rings is 1. The normalized spacial score (nSPS) is 15.6. The zero-order valence-corrected chi connectivity index (χ0v) is 17.2. The van der Waals surface area contributed by atoms with Crippen molar-refractivity contribution in [1.82, 2.24) is 19.8 Å². The van der Waals surface area contributed by atoms with E-state index in [1.54, 1.807) is 4.90 Å². The first-order valence-corrected chi connectivity index (χ1v) is 9.98. The van der Waals surface area contributed by atoms with Crippen LogP contribution in [0.15, 0.2) is 24.3 Å². The summed E-state index contributed by atoms with van der Waals surface area (Å²) < 4.78 is 7.53. The van der Waals surface area contributed by atoms with Gasteiger partial charge in [0.15, 0.2) is 0 Å². The molecule has 1 aliphatic rings. The summed E-state index contributed by atoms with van der Waals surface area (Å²) in [7, 11) is 0. The zero-order chi connectivity index (χ0) is 20.3. The summed E-state index contributed by atoms with van der Waals surface area (Å²) >= 11 is 0. The molecule has 2 amide bonds. The molecular formula is C21H30N4O3. The van der Waals surface area contributed by atoms with E-state index in [0.717, 1.165) is 23.4 Å². The zero-order valence-electron chi connectivity index (χ0n) is 17.2. The maximum Gasteiger partial charge on any atom is 0.410 e. The molecule has 1 aromatic carbocycles. The highest BCUT2D eigenvalue weighted by atomic mass is 16.6. The van der Waals surface area contributed by atoms with E-state index in [1.807, 2.05) is 45.0 Å². The number of carbonyl (C=O) groups excluding carboxylic acids is 2. The predicted octanol–water partition coefficient (Wildman–Crippen LogP) is 3.32. The van der Waals surface area contributed by atoms with E-state index in [-0.39, 0.29) is 17.9 Å². The van der Waals surface area contributed by atoms with Crippen LogP contribution in [0, 0.1) is 5.92 Å². The molecule has 0 bridgehead atoms. The standard InChI is InChI=1S/C21H30N4O3/c1-5-25-17-9-7-6-8-16(17)23-18(25)14-22-19(26)15-10-12-24(13-11-15)20(27)28-21(2,3)4/h6-9,15H,5,10-14H2,1-4H3,(H,22,26). The molecule has 1 saturated heterocycles. The monoisotopic (exact) mass is 386 g/mol. The number of likely N-dealkylation sites (tertiary alicyclic amines) is 1. The van der Waals surface area contributed by atoms with Gasteiger partial charge in [0.05, 0.1) is 17.6 Å². The number of amides is 2. The molecule has 3 rings (SSSR count). The summed E-state index contributed by atoms with van der Waals surface area (Å²) in [5.74, 6) is 0.805. The maximum atomic E-state index is 12.6. The minimum atomic E-state index is -0.504. The van der Waals surface area contributed by atoms with Crippen molar-refractivity contribution < 1.29 is 14.3 Å². The van der Waals surface area contributed by atoms with Crippen molar-refractivity contribution in [3.05, 3.63) is 30.1 Å². The topological polar surface area (TPSA) is 76.5 Å². The predicted molar refractivity (Wildman–Crippen MR) is 108 cm³/mol. The van der Waals surface area contributed by atoms with Gasteiger partial charge in [-0.1, -0.05) is 12.1 Å². The molecule has 0 unspecified atom stereocenters. The molecule has 28 heavy (non-hydrogen) atoms. The molecule has 0 saturated carbocycles. The number of ether oxygens (including phenoxy) is 1. The van der Waals surface area contributed by atoms with Crippen LogP contribution < -0.4 is 5.32 Å². The summed E-state index contributed by atoms with van der Waals surface area (Å²) in [6.45, 7) is 9.94. The van der Waals surface area contributed by atoms with Crippen molar-refractivity contribution in [2.75, 3.05) is 13.1 Å². The van der Waals surface area contributed by atoms with Crippen LogP contribution in [0.3, 0.4) is 0 Å². The number of hydrogen-bond donors (Lipinski definition) is 1. The van der Waals surface area contributed by atoms with E-state index in [4.69, 9.17) is 4.74 Å². The van der Waals surface area contributed by atoms with Gasteiger partial charge in [-0.15, -0.1) is 0 Å². The summed E-state index contributed by atoms with van der Waals surface area (Å²) in [6.07, 6.45) is 0.993. The van der Waals surface area contributed by atoms with E-state index in [1.165, 1.54) is 0 Å². The van der Waals surface area contributed by atoms with Crippen molar-refractivity contribution in [1.29, 1.82) is 0 Å². The SMILES string of the molecule is CCn1c(CNC(=O)C2CCN(C(=O)OC(C)(C)C)CC2)nc2ccccc21. The molecule has 0 aliphatic carbocycles. The van der Waals surface area contributed by atoms with Crippen molar-refractivity contribution in [3.63, 3.8) is 0 Å². The molecule has 2 aromatic rings. The average molecular weight is 386 g/mol. The first kappa shape index (κ1) is 20.2. The Balaban J connectivity index is 1.53. The smallest absolute Gasteiger partial charge is 0.410 e. The Labute approximate surface area is 166 Å². The third-order valence-electron chi connectivity index (χ3n) is 4.99. The number of rotatable bonds is 4. The Morgan fingerprint density at radius 1 is 1.21 bits per heavy atom. The van der Waals surface area contributed by atoms with Gasteiger partial charge in [-0.25, -0.2) is 9.78 Å². The van der Waals surface area contributed by atoms with Gasteiger partial charge in [0, 0.05) is 25.6 Å². The lowest BCUT2D eigenvalue weighted by atomic mass is 9.96. The summed E-state index contributed by atoms with van der Waals surface area (Å²) in [4.78, 5) is 31.1.